The Bertz CT molecular complexity index is 135. The zero-order valence-corrected chi connectivity index (χ0v) is 8.93. The molecule has 0 saturated heterocycles. The van der Waals surface area contributed by atoms with Gasteiger partial charge in [-0.2, -0.15) is 0 Å². The monoisotopic (exact) mass is 187 g/mol. The first-order chi connectivity index (χ1) is 6.16. The van der Waals surface area contributed by atoms with Crippen LogP contribution in [0.25, 0.3) is 0 Å². The number of carbonyl (C=O) groups is 1. The summed E-state index contributed by atoms with van der Waals surface area (Å²) in [6, 6.07) is 0. The Hall–Kier alpha value is -0.570. The van der Waals surface area contributed by atoms with Crippen LogP contribution in [0.1, 0.15) is 33.1 Å². The summed E-state index contributed by atoms with van der Waals surface area (Å²) < 4.78 is 4.82. The Morgan fingerprint density at radius 1 is 1.46 bits per heavy atom. The van der Waals surface area contributed by atoms with Crippen LogP contribution in [-0.2, 0) is 9.53 Å². The molecule has 0 saturated carbocycles. The summed E-state index contributed by atoms with van der Waals surface area (Å²) >= 11 is 0. The van der Waals surface area contributed by atoms with Gasteiger partial charge in [-0.3, -0.25) is 4.79 Å². The smallest absolute Gasteiger partial charge is 0.220 e. The van der Waals surface area contributed by atoms with Gasteiger partial charge in [-0.15, -0.1) is 0 Å². The minimum absolute atomic E-state index is 0.137. The van der Waals surface area contributed by atoms with E-state index in [4.69, 9.17) is 4.74 Å². The second-order valence-electron chi connectivity index (χ2n) is 3.63. The molecular weight excluding hydrogens is 166 g/mol. The van der Waals surface area contributed by atoms with E-state index in [-0.39, 0.29) is 5.91 Å². The molecule has 0 aliphatic carbocycles. The van der Waals surface area contributed by atoms with Crippen LogP contribution in [-0.4, -0.2) is 26.2 Å². The van der Waals surface area contributed by atoms with Crippen LogP contribution < -0.4 is 5.32 Å². The van der Waals surface area contributed by atoms with E-state index in [1.54, 1.807) is 7.11 Å². The molecule has 3 nitrogen and oxygen atoms in total. The molecule has 0 aromatic carbocycles. The number of rotatable bonds is 7. The van der Waals surface area contributed by atoms with Crippen molar-refractivity contribution in [1.29, 1.82) is 0 Å². The predicted molar refractivity (Wildman–Crippen MR) is 53.6 cm³/mol. The third-order valence-electron chi connectivity index (χ3n) is 1.81. The Balaban J connectivity index is 3.20. The molecule has 78 valence electrons. The highest BCUT2D eigenvalue weighted by Crippen LogP contribution is 2.05. The van der Waals surface area contributed by atoms with E-state index in [2.05, 4.69) is 19.2 Å². The van der Waals surface area contributed by atoms with Crippen LogP contribution in [0.3, 0.4) is 0 Å². The van der Waals surface area contributed by atoms with Crippen LogP contribution >= 0.6 is 0 Å². The lowest BCUT2D eigenvalue weighted by atomic mass is 10.1. The molecule has 0 heterocycles. The van der Waals surface area contributed by atoms with E-state index in [1.807, 2.05) is 0 Å². The zero-order chi connectivity index (χ0) is 10.1. The fourth-order valence-corrected chi connectivity index (χ4v) is 1.05. The average Bonchev–Trinajstić information content (AvgIpc) is 2.04. The molecule has 0 spiro atoms. The van der Waals surface area contributed by atoms with E-state index in [9.17, 15) is 4.79 Å². The van der Waals surface area contributed by atoms with Crippen molar-refractivity contribution >= 4 is 5.91 Å². The largest absolute Gasteiger partial charge is 0.383 e. The van der Waals surface area contributed by atoms with Gasteiger partial charge in [-0.1, -0.05) is 20.3 Å². The maximum atomic E-state index is 11.1. The fourth-order valence-electron chi connectivity index (χ4n) is 1.05. The third kappa shape index (κ3) is 9.34. The molecule has 3 heteroatoms. The molecule has 0 atom stereocenters. The van der Waals surface area contributed by atoms with Crippen LogP contribution in [0.5, 0.6) is 0 Å². The molecule has 13 heavy (non-hydrogen) atoms. The molecule has 0 rings (SSSR count). The SMILES string of the molecule is COCCNC(=O)CCCC(C)C. The molecular formula is C10H21NO2. The van der Waals surface area contributed by atoms with Gasteiger partial charge in [0.05, 0.1) is 6.61 Å². The first-order valence-electron chi connectivity index (χ1n) is 4.92. The number of carbonyl (C=O) groups excluding carboxylic acids is 1. The molecule has 0 aromatic heterocycles. The Morgan fingerprint density at radius 3 is 2.69 bits per heavy atom. The van der Waals surface area contributed by atoms with Crippen LogP contribution in [0.15, 0.2) is 0 Å². The van der Waals surface area contributed by atoms with Crippen molar-refractivity contribution < 1.29 is 9.53 Å². The maximum Gasteiger partial charge on any atom is 0.220 e. The quantitative estimate of drug-likeness (QED) is 0.614. The molecule has 1 N–H and O–H groups in total. The highest BCUT2D eigenvalue weighted by Gasteiger charge is 2.00. The van der Waals surface area contributed by atoms with Gasteiger partial charge < -0.3 is 10.1 Å². The molecule has 1 amide bonds. The topological polar surface area (TPSA) is 38.3 Å². The average molecular weight is 187 g/mol. The summed E-state index contributed by atoms with van der Waals surface area (Å²) in [6.45, 7) is 5.55. The van der Waals surface area contributed by atoms with Gasteiger partial charge in [-0.05, 0) is 12.3 Å². The van der Waals surface area contributed by atoms with Crippen molar-refractivity contribution in [2.24, 2.45) is 5.92 Å². The van der Waals surface area contributed by atoms with Crippen molar-refractivity contribution in [3.8, 4) is 0 Å². The van der Waals surface area contributed by atoms with Crippen LogP contribution in [0.2, 0.25) is 0 Å². The van der Waals surface area contributed by atoms with Gasteiger partial charge in [0.25, 0.3) is 0 Å². The van der Waals surface area contributed by atoms with Crippen LogP contribution in [0, 0.1) is 5.92 Å². The number of ether oxygens (including phenoxy) is 1. The number of amides is 1. The van der Waals surface area contributed by atoms with E-state index in [1.165, 1.54) is 0 Å². The van der Waals surface area contributed by atoms with Crippen molar-refractivity contribution in [1.82, 2.24) is 5.32 Å². The summed E-state index contributed by atoms with van der Waals surface area (Å²) in [5.74, 6) is 0.824. The van der Waals surface area contributed by atoms with Gasteiger partial charge in [0.15, 0.2) is 0 Å². The number of hydrogen-bond donors (Lipinski definition) is 1. The van der Waals surface area contributed by atoms with Crippen molar-refractivity contribution in [3.63, 3.8) is 0 Å². The Morgan fingerprint density at radius 2 is 2.15 bits per heavy atom. The van der Waals surface area contributed by atoms with E-state index >= 15 is 0 Å². The zero-order valence-electron chi connectivity index (χ0n) is 8.93. The molecule has 0 unspecified atom stereocenters. The summed E-state index contributed by atoms with van der Waals surface area (Å²) in [6.07, 6.45) is 2.75. The Labute approximate surface area is 80.8 Å². The van der Waals surface area contributed by atoms with Gasteiger partial charge in [0, 0.05) is 20.1 Å². The first-order valence-corrected chi connectivity index (χ1v) is 4.92. The van der Waals surface area contributed by atoms with Gasteiger partial charge in [0.2, 0.25) is 5.91 Å². The van der Waals surface area contributed by atoms with Crippen LogP contribution in [0.4, 0.5) is 0 Å². The van der Waals surface area contributed by atoms with Crippen molar-refractivity contribution in [2.75, 3.05) is 20.3 Å². The number of nitrogens with one attached hydrogen (secondary N) is 1. The van der Waals surface area contributed by atoms with Gasteiger partial charge in [0.1, 0.15) is 0 Å². The van der Waals surface area contributed by atoms with Crippen molar-refractivity contribution in [3.05, 3.63) is 0 Å². The van der Waals surface area contributed by atoms with Gasteiger partial charge >= 0.3 is 0 Å². The number of hydrogen-bond acceptors (Lipinski definition) is 2. The molecule has 0 bridgehead atoms. The third-order valence-corrected chi connectivity index (χ3v) is 1.81. The highest BCUT2D eigenvalue weighted by molar-refractivity contribution is 5.75. The molecule has 0 fully saturated rings. The van der Waals surface area contributed by atoms with Crippen molar-refractivity contribution in [2.45, 2.75) is 33.1 Å². The van der Waals surface area contributed by atoms with Gasteiger partial charge in [-0.25, -0.2) is 0 Å². The lowest BCUT2D eigenvalue weighted by molar-refractivity contribution is -0.121. The molecule has 0 radical (unpaired) electrons. The normalized spacial score (nSPS) is 10.5. The lowest BCUT2D eigenvalue weighted by Gasteiger charge is -2.05. The minimum Gasteiger partial charge on any atom is -0.383 e. The highest BCUT2D eigenvalue weighted by atomic mass is 16.5. The molecule has 0 aliphatic rings. The Kier molecular flexibility index (Phi) is 7.69. The summed E-state index contributed by atoms with van der Waals surface area (Å²) in [4.78, 5) is 11.1. The minimum atomic E-state index is 0.137. The molecule has 0 aromatic rings. The first kappa shape index (κ1) is 12.4. The predicted octanol–water partition coefficient (Wildman–Crippen LogP) is 1.58. The second kappa shape index (κ2) is 8.05. The maximum absolute atomic E-state index is 11.1. The van der Waals surface area contributed by atoms with E-state index in [0.29, 0.717) is 25.5 Å². The summed E-state index contributed by atoms with van der Waals surface area (Å²) in [5, 5.41) is 2.79. The molecule has 0 aliphatic heterocycles. The second-order valence-corrected chi connectivity index (χ2v) is 3.63. The lowest BCUT2D eigenvalue weighted by Crippen LogP contribution is -2.26. The number of methoxy groups -OCH3 is 1. The summed E-state index contributed by atoms with van der Waals surface area (Å²) in [7, 11) is 1.63. The summed E-state index contributed by atoms with van der Waals surface area (Å²) in [5.41, 5.74) is 0. The standard InChI is InChI=1S/C10H21NO2/c1-9(2)5-4-6-10(12)11-7-8-13-3/h9H,4-8H2,1-3H3,(H,11,12). The fraction of sp³-hybridized carbons (Fsp3) is 0.900. The van der Waals surface area contributed by atoms with E-state index < -0.39 is 0 Å². The van der Waals surface area contributed by atoms with E-state index in [0.717, 1.165) is 12.8 Å².